The van der Waals surface area contributed by atoms with Crippen molar-refractivity contribution in [3.05, 3.63) is 24.0 Å². The number of carbonyl (C=O) groups is 2. The van der Waals surface area contributed by atoms with Crippen molar-refractivity contribution in [2.45, 2.75) is 16.6 Å². The molecule has 0 bridgehead atoms. The van der Waals surface area contributed by atoms with Gasteiger partial charge < -0.3 is 10.4 Å². The third-order valence-electron chi connectivity index (χ3n) is 2.12. The largest absolute Gasteiger partial charge is 0.481 e. The van der Waals surface area contributed by atoms with Gasteiger partial charge in [0.15, 0.2) is 0 Å². The van der Waals surface area contributed by atoms with E-state index in [0.29, 0.717) is 10.6 Å². The van der Waals surface area contributed by atoms with Gasteiger partial charge in [0.1, 0.15) is 5.82 Å². The molecule has 1 unspecified atom stereocenters. The second-order valence-electron chi connectivity index (χ2n) is 3.33. The molecule has 84 valence electrons. The Morgan fingerprint density at radius 1 is 1.56 bits per heavy atom. The topological polar surface area (TPSA) is 66.4 Å². The number of hydrogen-bond acceptors (Lipinski definition) is 3. The number of fused-ring (bicyclic) bond motifs is 1. The van der Waals surface area contributed by atoms with Gasteiger partial charge >= 0.3 is 5.97 Å². The van der Waals surface area contributed by atoms with Crippen molar-refractivity contribution in [2.24, 2.45) is 0 Å². The lowest BCUT2D eigenvalue weighted by atomic mass is 10.2. The van der Waals surface area contributed by atoms with Crippen LogP contribution in [0.15, 0.2) is 23.1 Å². The first-order chi connectivity index (χ1) is 7.56. The Hall–Kier alpha value is -1.56. The van der Waals surface area contributed by atoms with Crippen LogP contribution >= 0.6 is 11.8 Å². The molecule has 0 saturated heterocycles. The summed E-state index contributed by atoms with van der Waals surface area (Å²) in [5, 5.41) is 10.5. The van der Waals surface area contributed by atoms with Gasteiger partial charge in [-0.15, -0.1) is 11.8 Å². The van der Waals surface area contributed by atoms with Crippen molar-refractivity contribution in [2.75, 3.05) is 5.32 Å². The molecule has 1 atom stereocenters. The molecule has 0 aromatic heterocycles. The highest BCUT2D eigenvalue weighted by Crippen LogP contribution is 2.37. The normalized spacial score (nSPS) is 18.8. The Morgan fingerprint density at radius 3 is 3.00 bits per heavy atom. The number of hydrogen-bond donors (Lipinski definition) is 2. The Morgan fingerprint density at radius 2 is 2.31 bits per heavy atom. The van der Waals surface area contributed by atoms with Crippen LogP contribution in [-0.4, -0.2) is 22.2 Å². The summed E-state index contributed by atoms with van der Waals surface area (Å²) in [5.41, 5.74) is 0.400. The van der Waals surface area contributed by atoms with Crippen LogP contribution in [0.3, 0.4) is 0 Å². The number of carboxylic acids is 1. The number of halogens is 1. The Labute approximate surface area is 94.8 Å². The van der Waals surface area contributed by atoms with Gasteiger partial charge in [0.25, 0.3) is 0 Å². The van der Waals surface area contributed by atoms with Crippen LogP contribution in [0.2, 0.25) is 0 Å². The molecule has 0 fully saturated rings. The number of amides is 1. The van der Waals surface area contributed by atoms with E-state index in [1.165, 1.54) is 18.2 Å². The lowest BCUT2D eigenvalue weighted by Crippen LogP contribution is -2.30. The van der Waals surface area contributed by atoms with E-state index >= 15 is 0 Å². The van der Waals surface area contributed by atoms with Gasteiger partial charge in [-0.05, 0) is 18.2 Å². The Bertz CT molecular complexity index is 463. The number of carbonyl (C=O) groups excluding carboxylic acids is 1. The fraction of sp³-hybridized carbons (Fsp3) is 0.200. The van der Waals surface area contributed by atoms with Gasteiger partial charge in [-0.3, -0.25) is 9.59 Å². The molecule has 1 aliphatic rings. The molecule has 4 nitrogen and oxygen atoms in total. The van der Waals surface area contributed by atoms with Crippen LogP contribution < -0.4 is 5.32 Å². The maximum Gasteiger partial charge on any atom is 0.305 e. The minimum Gasteiger partial charge on any atom is -0.481 e. The molecule has 0 radical (unpaired) electrons. The zero-order valence-corrected chi connectivity index (χ0v) is 8.88. The maximum absolute atomic E-state index is 12.9. The van der Waals surface area contributed by atoms with E-state index < -0.39 is 22.9 Å². The standard InChI is InChI=1S/C10H8FNO3S/c11-5-1-2-7-6(3-5)12-10(15)8(16-7)4-9(13)14/h1-3,8H,4H2,(H,12,15)(H,13,14). The van der Waals surface area contributed by atoms with Gasteiger partial charge in [0, 0.05) is 4.90 Å². The first-order valence-electron chi connectivity index (χ1n) is 4.55. The van der Waals surface area contributed by atoms with Gasteiger partial charge in [-0.2, -0.15) is 0 Å². The summed E-state index contributed by atoms with van der Waals surface area (Å²) in [4.78, 5) is 22.7. The van der Waals surface area contributed by atoms with Crippen LogP contribution in [0.1, 0.15) is 6.42 Å². The third kappa shape index (κ3) is 2.16. The molecule has 6 heteroatoms. The smallest absolute Gasteiger partial charge is 0.305 e. The SMILES string of the molecule is O=C(O)CC1Sc2ccc(F)cc2NC1=O. The summed E-state index contributed by atoms with van der Waals surface area (Å²) in [6.07, 6.45) is -0.243. The molecule has 0 spiro atoms. The molecule has 16 heavy (non-hydrogen) atoms. The number of carboxylic acid groups (broad SMARTS) is 1. The van der Waals surface area contributed by atoms with E-state index in [4.69, 9.17) is 5.11 Å². The van der Waals surface area contributed by atoms with Gasteiger partial charge in [0.05, 0.1) is 17.4 Å². The highest BCUT2D eigenvalue weighted by Gasteiger charge is 2.28. The number of rotatable bonds is 2. The predicted molar refractivity (Wildman–Crippen MR) is 56.9 cm³/mol. The monoisotopic (exact) mass is 241 g/mol. The maximum atomic E-state index is 12.9. The summed E-state index contributed by atoms with van der Waals surface area (Å²) in [6.45, 7) is 0. The molecular weight excluding hydrogens is 233 g/mol. The molecule has 2 rings (SSSR count). The van der Waals surface area contributed by atoms with Crippen molar-refractivity contribution in [3.8, 4) is 0 Å². The molecule has 1 aromatic rings. The molecule has 0 aliphatic carbocycles. The molecule has 1 aliphatic heterocycles. The van der Waals surface area contributed by atoms with Crippen LogP contribution in [-0.2, 0) is 9.59 Å². The van der Waals surface area contributed by atoms with Crippen molar-refractivity contribution in [1.82, 2.24) is 0 Å². The quantitative estimate of drug-likeness (QED) is 0.827. The molecule has 1 aromatic carbocycles. The van der Waals surface area contributed by atoms with E-state index in [1.54, 1.807) is 0 Å². The highest BCUT2D eigenvalue weighted by molar-refractivity contribution is 8.01. The second-order valence-corrected chi connectivity index (χ2v) is 4.58. The number of thioether (sulfide) groups is 1. The minimum absolute atomic E-state index is 0.243. The third-order valence-corrected chi connectivity index (χ3v) is 3.40. The number of nitrogens with one attached hydrogen (secondary N) is 1. The van der Waals surface area contributed by atoms with Gasteiger partial charge in [0.2, 0.25) is 5.91 Å². The molecule has 2 N–H and O–H groups in total. The number of benzene rings is 1. The second kappa shape index (κ2) is 4.13. The summed E-state index contributed by atoms with van der Waals surface area (Å²) in [5.74, 6) is -1.86. The molecule has 1 amide bonds. The fourth-order valence-corrected chi connectivity index (χ4v) is 2.50. The van der Waals surface area contributed by atoms with Gasteiger partial charge in [-0.25, -0.2) is 4.39 Å². The first-order valence-corrected chi connectivity index (χ1v) is 5.43. The van der Waals surface area contributed by atoms with Crippen molar-refractivity contribution in [3.63, 3.8) is 0 Å². The van der Waals surface area contributed by atoms with Crippen molar-refractivity contribution < 1.29 is 19.1 Å². The van der Waals surface area contributed by atoms with Crippen LogP contribution in [0.4, 0.5) is 10.1 Å². The average Bonchev–Trinajstić information content (AvgIpc) is 2.19. The average molecular weight is 241 g/mol. The lowest BCUT2D eigenvalue weighted by molar-refractivity contribution is -0.138. The van der Waals surface area contributed by atoms with E-state index in [2.05, 4.69) is 5.32 Å². The Kier molecular flexibility index (Phi) is 2.82. The van der Waals surface area contributed by atoms with E-state index in [1.807, 2.05) is 0 Å². The summed E-state index contributed by atoms with van der Waals surface area (Å²) in [7, 11) is 0. The van der Waals surface area contributed by atoms with Gasteiger partial charge in [-0.1, -0.05) is 0 Å². The zero-order valence-electron chi connectivity index (χ0n) is 8.07. The lowest BCUT2D eigenvalue weighted by Gasteiger charge is -2.22. The summed E-state index contributed by atoms with van der Waals surface area (Å²) < 4.78 is 12.9. The Balaban J connectivity index is 2.25. The van der Waals surface area contributed by atoms with Crippen LogP contribution in [0.5, 0.6) is 0 Å². The highest BCUT2D eigenvalue weighted by atomic mass is 32.2. The number of aliphatic carboxylic acids is 1. The molecule has 1 heterocycles. The summed E-state index contributed by atoms with van der Waals surface area (Å²) >= 11 is 1.14. The minimum atomic E-state index is -1.03. The van der Waals surface area contributed by atoms with Crippen molar-refractivity contribution in [1.29, 1.82) is 0 Å². The van der Waals surface area contributed by atoms with E-state index in [9.17, 15) is 14.0 Å². The van der Waals surface area contributed by atoms with Crippen molar-refractivity contribution >= 4 is 29.3 Å². The summed E-state index contributed by atoms with van der Waals surface area (Å²) in [6, 6.07) is 4.03. The van der Waals surface area contributed by atoms with E-state index in [0.717, 1.165) is 11.8 Å². The fourth-order valence-electron chi connectivity index (χ4n) is 1.42. The van der Waals surface area contributed by atoms with Crippen LogP contribution in [0, 0.1) is 5.82 Å². The first kappa shape index (κ1) is 10.9. The predicted octanol–water partition coefficient (Wildman–Crippen LogP) is 1.71. The molecular formula is C10H8FNO3S. The molecule has 0 saturated carbocycles. The van der Waals surface area contributed by atoms with E-state index in [-0.39, 0.29) is 6.42 Å². The number of anilines is 1. The zero-order chi connectivity index (χ0) is 11.7. The van der Waals surface area contributed by atoms with Crippen LogP contribution in [0.25, 0.3) is 0 Å².